The Balaban J connectivity index is -0.0000000652. The van der Waals surface area contributed by atoms with Gasteiger partial charge in [-0.3, -0.25) is 14.4 Å². The van der Waals surface area contributed by atoms with Gasteiger partial charge in [0.25, 0.3) is 17.1 Å². The van der Waals surface area contributed by atoms with Crippen LogP contribution in [0.3, 0.4) is 0 Å². The average molecular weight is 550 g/mol. The van der Waals surface area contributed by atoms with Gasteiger partial charge >= 0.3 is 29.6 Å². The van der Waals surface area contributed by atoms with Crippen molar-refractivity contribution in [3.8, 4) is 0 Å². The molecule has 0 rings (SSSR count). The number of hydrogen-bond donors (Lipinski definition) is 1. The monoisotopic (exact) mass is 547 g/mol. The molecule has 0 aromatic rings. The summed E-state index contributed by atoms with van der Waals surface area (Å²) in [4.78, 5) is 31.9. The molecular formula is C15H31Cl5N3NaO6. The Hall–Kier alpha value is 0.900. The molecule has 0 aromatic carbocycles. The van der Waals surface area contributed by atoms with Crippen LogP contribution < -0.4 is 40.0 Å². The summed E-state index contributed by atoms with van der Waals surface area (Å²) in [6.07, 6.45) is -0.769. The fourth-order valence-electron chi connectivity index (χ4n) is 0.704. The van der Waals surface area contributed by atoms with Crippen molar-refractivity contribution in [2.45, 2.75) is 16.0 Å². The number of carbonyl (C=O) groups excluding carboxylic acids is 3. The molecule has 0 bridgehead atoms. The normalized spacial score (nSPS) is 8.60. The zero-order valence-electron chi connectivity index (χ0n) is 19.0. The second-order valence-electron chi connectivity index (χ2n) is 4.67. The predicted molar refractivity (Wildman–Crippen MR) is 118 cm³/mol. The van der Waals surface area contributed by atoms with E-state index in [1.165, 1.54) is 24.0 Å². The van der Waals surface area contributed by atoms with Crippen LogP contribution in [0.2, 0.25) is 0 Å². The minimum Gasteiger partial charge on any atom is -0.857 e. The molecule has 1 N–H and O–H groups in total. The number of amides is 2. The summed E-state index contributed by atoms with van der Waals surface area (Å²) in [6.45, 7) is 0. The largest absolute Gasteiger partial charge is 1.00 e. The number of halogens is 5. The van der Waals surface area contributed by atoms with Crippen LogP contribution >= 0.6 is 58.0 Å². The summed E-state index contributed by atoms with van der Waals surface area (Å²) in [5, 5.41) is 10.3. The van der Waals surface area contributed by atoms with Crippen LogP contribution in [-0.4, -0.2) is 106 Å². The van der Waals surface area contributed by atoms with Gasteiger partial charge in [-0.2, -0.15) is 7.11 Å². The van der Waals surface area contributed by atoms with E-state index in [0.29, 0.717) is 0 Å². The third-order valence-electron chi connectivity index (χ3n) is 1.87. The summed E-state index contributed by atoms with van der Waals surface area (Å²) >= 11 is 24.9. The van der Waals surface area contributed by atoms with Crippen molar-refractivity contribution in [1.82, 2.24) is 15.1 Å². The SMILES string of the molecule is CN(C)C(=O)C(Cl)Cl.CNC.COC(OC)C(=O)N(C)C.C[O-].O=C(Cl)C(Cl)Cl.[Na+]. The third-order valence-corrected chi connectivity index (χ3v) is 3.08. The molecule has 0 radical (unpaired) electrons. The van der Waals surface area contributed by atoms with Crippen molar-refractivity contribution < 1.29 is 58.5 Å². The molecule has 0 saturated heterocycles. The van der Waals surface area contributed by atoms with Crippen LogP contribution in [0.25, 0.3) is 0 Å². The van der Waals surface area contributed by atoms with Crippen LogP contribution in [0.5, 0.6) is 0 Å². The van der Waals surface area contributed by atoms with Crippen LogP contribution in [0.15, 0.2) is 0 Å². The van der Waals surface area contributed by atoms with Gasteiger partial charge in [0.15, 0.2) is 9.67 Å². The van der Waals surface area contributed by atoms with E-state index in [4.69, 9.17) is 72.6 Å². The smallest absolute Gasteiger partial charge is 0.857 e. The third kappa shape index (κ3) is 36.3. The van der Waals surface area contributed by atoms with Crippen LogP contribution in [0.4, 0.5) is 0 Å². The molecule has 30 heavy (non-hydrogen) atoms. The van der Waals surface area contributed by atoms with E-state index < -0.39 is 21.2 Å². The Labute approximate surface area is 226 Å². The molecule has 0 heterocycles. The van der Waals surface area contributed by atoms with Crippen molar-refractivity contribution in [2.75, 3.05) is 63.6 Å². The minimum absolute atomic E-state index is 0. The van der Waals surface area contributed by atoms with Crippen molar-refractivity contribution >= 4 is 75.1 Å². The fourth-order valence-corrected chi connectivity index (χ4v) is 1.09. The zero-order chi connectivity index (χ0) is 24.7. The van der Waals surface area contributed by atoms with Gasteiger partial charge in [0.1, 0.15) is 0 Å². The predicted octanol–water partition coefficient (Wildman–Crippen LogP) is -2.06. The number of nitrogens with one attached hydrogen (secondary N) is 1. The number of ether oxygens (including phenoxy) is 2. The molecule has 0 unspecified atom stereocenters. The Morgan fingerprint density at radius 1 is 0.800 bits per heavy atom. The molecule has 0 saturated carbocycles. The molecule has 0 aliphatic heterocycles. The molecule has 9 nitrogen and oxygen atoms in total. The molecule has 0 atom stereocenters. The number of likely N-dealkylation sites (N-methyl/N-ethyl adjacent to an activating group) is 1. The molecular weight excluding hydrogens is 518 g/mol. The van der Waals surface area contributed by atoms with Crippen LogP contribution in [0.1, 0.15) is 0 Å². The summed E-state index contributed by atoms with van der Waals surface area (Å²) in [6, 6.07) is 0. The van der Waals surface area contributed by atoms with Crippen molar-refractivity contribution in [3.05, 3.63) is 0 Å². The summed E-state index contributed by atoms with van der Waals surface area (Å²) < 4.78 is 9.42. The number of carbonyl (C=O) groups is 3. The van der Waals surface area contributed by atoms with Gasteiger partial charge < -0.3 is 29.7 Å². The fraction of sp³-hybridized carbons (Fsp3) is 0.800. The first-order valence-corrected chi connectivity index (χ1v) is 9.60. The molecule has 0 fully saturated rings. The Kier molecular flexibility index (Phi) is 47.6. The molecule has 2 amide bonds. The Bertz CT molecular complexity index is 395. The summed E-state index contributed by atoms with van der Waals surface area (Å²) in [5.41, 5.74) is 0. The Morgan fingerprint density at radius 3 is 1.07 bits per heavy atom. The maximum atomic E-state index is 11.0. The van der Waals surface area contributed by atoms with E-state index in [-0.39, 0.29) is 41.4 Å². The number of alkyl halides is 4. The first-order chi connectivity index (χ1) is 13.2. The van der Waals surface area contributed by atoms with Crippen molar-refractivity contribution in [2.24, 2.45) is 0 Å². The standard InChI is InChI=1S/C6H13NO3.C4H7Cl2NO.C2HCl3O.C2H7N.CH3O.Na/c1-7(2)5(8)6(9-3)10-4;1-7(2)4(8)3(5)6;3-1(4)2(5)6;1-3-2;1-2;/h6H,1-4H3;3H,1-2H3;1H;3H,1-2H3;1H3;/q;;;;-1;+1. The summed E-state index contributed by atoms with van der Waals surface area (Å²) in [5.74, 6) is -0.474. The van der Waals surface area contributed by atoms with Crippen LogP contribution in [0, 0.1) is 0 Å². The van der Waals surface area contributed by atoms with Crippen molar-refractivity contribution in [1.29, 1.82) is 0 Å². The van der Waals surface area contributed by atoms with Crippen molar-refractivity contribution in [3.63, 3.8) is 0 Å². The minimum atomic E-state index is -1.08. The Morgan fingerprint density at radius 2 is 1.03 bits per heavy atom. The quantitative estimate of drug-likeness (QED) is 0.182. The topological polar surface area (TPSA) is 111 Å². The van der Waals surface area contributed by atoms with E-state index in [2.05, 4.69) is 5.32 Å². The van der Waals surface area contributed by atoms with E-state index in [1.807, 2.05) is 14.1 Å². The van der Waals surface area contributed by atoms with E-state index in [9.17, 15) is 14.4 Å². The van der Waals surface area contributed by atoms with Gasteiger partial charge in [-0.25, -0.2) is 0 Å². The summed E-state index contributed by atoms with van der Waals surface area (Å²) in [7, 11) is 13.8. The van der Waals surface area contributed by atoms with E-state index in [0.717, 1.165) is 7.11 Å². The van der Waals surface area contributed by atoms with Gasteiger partial charge in [-0.1, -0.05) is 46.4 Å². The molecule has 0 aliphatic carbocycles. The molecule has 0 aliphatic rings. The maximum absolute atomic E-state index is 11.0. The molecule has 178 valence electrons. The number of rotatable bonds is 5. The first-order valence-electron chi connectivity index (χ1n) is 7.47. The van der Waals surface area contributed by atoms with Gasteiger partial charge in [0.05, 0.1) is 0 Å². The second-order valence-corrected chi connectivity index (χ2v) is 7.24. The molecule has 15 heteroatoms. The molecule has 0 aromatic heterocycles. The number of methoxy groups -OCH3 is 2. The van der Waals surface area contributed by atoms with E-state index >= 15 is 0 Å². The zero-order valence-corrected chi connectivity index (χ0v) is 24.7. The second kappa shape index (κ2) is 32.1. The first kappa shape index (κ1) is 44.6. The number of nitrogens with zero attached hydrogens (tertiary/aromatic N) is 2. The maximum Gasteiger partial charge on any atom is 1.00 e. The molecule has 0 spiro atoms. The van der Waals surface area contributed by atoms with E-state index in [1.54, 1.807) is 28.2 Å². The van der Waals surface area contributed by atoms with Gasteiger partial charge in [0.2, 0.25) is 6.29 Å². The van der Waals surface area contributed by atoms with Gasteiger partial charge in [0, 0.05) is 42.4 Å². The van der Waals surface area contributed by atoms with Gasteiger partial charge in [-0.15, -0.1) is 0 Å². The van der Waals surface area contributed by atoms with Gasteiger partial charge in [-0.05, 0) is 25.7 Å². The number of hydrogen-bond acceptors (Lipinski definition) is 7. The van der Waals surface area contributed by atoms with Crippen LogP contribution in [-0.2, 0) is 23.9 Å². The average Bonchev–Trinajstić information content (AvgIpc) is 2.64.